The lowest BCUT2D eigenvalue weighted by Crippen LogP contribution is -2.51. The summed E-state index contributed by atoms with van der Waals surface area (Å²) in [5.41, 5.74) is 0.0782. The number of amides is 4. The molecule has 4 amide bonds. The van der Waals surface area contributed by atoms with Gasteiger partial charge in [0.05, 0.1) is 0 Å². The Morgan fingerprint density at radius 3 is 1.81 bits per heavy atom. The van der Waals surface area contributed by atoms with Gasteiger partial charge in [-0.25, -0.2) is 14.4 Å². The van der Waals surface area contributed by atoms with Gasteiger partial charge >= 0.3 is 24.2 Å². The van der Waals surface area contributed by atoms with Gasteiger partial charge in [0.15, 0.2) is 0 Å². The summed E-state index contributed by atoms with van der Waals surface area (Å²) in [4.78, 5) is 68.5. The molecule has 1 unspecified atom stereocenters. The lowest BCUT2D eigenvalue weighted by molar-refractivity contribution is -0.155. The van der Waals surface area contributed by atoms with E-state index in [1.54, 1.807) is 51.3 Å². The van der Waals surface area contributed by atoms with Gasteiger partial charge in [-0.2, -0.15) is 0 Å². The first-order chi connectivity index (χ1) is 31.6. The summed E-state index contributed by atoms with van der Waals surface area (Å²) < 4.78 is 22.5. The molecule has 0 radical (unpaired) electrons. The number of hydrogen-bond acceptors (Lipinski definition) is 9. The summed E-state index contributed by atoms with van der Waals surface area (Å²) >= 11 is 0. The molecular weight excluding hydrogens is 861 g/mol. The summed E-state index contributed by atoms with van der Waals surface area (Å²) in [6, 6.07) is 0. The number of rotatable bonds is 21. The van der Waals surface area contributed by atoms with Crippen LogP contribution in [0.1, 0.15) is 200 Å². The minimum Gasteiger partial charge on any atom is -0.462 e. The highest BCUT2D eigenvalue weighted by atomic mass is 16.6. The summed E-state index contributed by atoms with van der Waals surface area (Å²) in [7, 11) is 0. The Bertz CT molecular complexity index is 1710. The number of unbranched alkanes of at least 4 members (excludes halogenated alkanes) is 1. The smallest absolute Gasteiger partial charge is 0.410 e. The molecule has 13 nitrogen and oxygen atoms in total. The third-order valence-corrected chi connectivity index (χ3v) is 15.5. The number of carbonyl (C=O) groups is 5. The Morgan fingerprint density at radius 2 is 1.24 bits per heavy atom. The average molecular weight is 957 g/mol. The number of hydrogen-bond donors (Lipinski definition) is 2. The molecule has 2 N–H and O–H groups in total. The molecule has 4 aliphatic carbocycles. The predicted octanol–water partition coefficient (Wildman–Crippen LogP) is 12.0. The zero-order valence-corrected chi connectivity index (χ0v) is 45.2. The third kappa shape index (κ3) is 17.4. The SMILES string of the molecule is CC(C)CCCC(C)[C@H]1CC[C@H]2[C@@H]3CC=C4C[C@@H](OC(=O)CC(=O)N(CCCCN(CCCNC(=O)OC(C)(C)C)C(=O)OC(C)(C)C)CCCNC(=O)OC(C)(C)C)CC[C@]4(C)[C@H]3CC[C@]12C. The lowest BCUT2D eigenvalue weighted by Gasteiger charge is -2.58. The molecule has 13 heteroatoms. The zero-order valence-electron chi connectivity index (χ0n) is 45.2. The fraction of sp³-hybridized carbons (Fsp3) is 0.873. The lowest BCUT2D eigenvalue weighted by atomic mass is 9.47. The van der Waals surface area contributed by atoms with Crippen LogP contribution in [0.2, 0.25) is 0 Å². The first-order valence-electron chi connectivity index (χ1n) is 26.7. The van der Waals surface area contributed by atoms with Crippen molar-refractivity contribution in [3.05, 3.63) is 11.6 Å². The van der Waals surface area contributed by atoms with E-state index in [0.29, 0.717) is 76.3 Å². The Labute approximate surface area is 412 Å². The van der Waals surface area contributed by atoms with Crippen LogP contribution in [0, 0.1) is 46.3 Å². The largest absolute Gasteiger partial charge is 0.462 e. The van der Waals surface area contributed by atoms with Gasteiger partial charge in [0.2, 0.25) is 5.91 Å². The van der Waals surface area contributed by atoms with Crippen molar-refractivity contribution in [2.75, 3.05) is 39.3 Å². The molecule has 0 heterocycles. The summed E-state index contributed by atoms with van der Waals surface area (Å²) in [6.07, 6.45) is 15.6. The molecule has 0 aromatic carbocycles. The first-order valence-corrected chi connectivity index (χ1v) is 26.7. The number of nitrogens with one attached hydrogen (secondary N) is 2. The number of carbonyl (C=O) groups excluding carboxylic acids is 5. The van der Waals surface area contributed by atoms with Crippen molar-refractivity contribution in [1.29, 1.82) is 0 Å². The molecule has 4 rings (SSSR count). The van der Waals surface area contributed by atoms with Crippen LogP contribution in [0.3, 0.4) is 0 Å². The molecule has 68 heavy (non-hydrogen) atoms. The Balaban J connectivity index is 1.33. The van der Waals surface area contributed by atoms with Crippen LogP contribution in [0.4, 0.5) is 14.4 Å². The van der Waals surface area contributed by atoms with Gasteiger partial charge < -0.3 is 39.4 Å². The fourth-order valence-electron chi connectivity index (χ4n) is 12.4. The fourth-order valence-corrected chi connectivity index (χ4v) is 12.4. The highest BCUT2D eigenvalue weighted by Gasteiger charge is 2.59. The highest BCUT2D eigenvalue weighted by molar-refractivity contribution is 5.94. The second-order valence-corrected chi connectivity index (χ2v) is 24.9. The number of fused-ring (bicyclic) bond motifs is 5. The molecule has 4 aliphatic rings. The Hall–Kier alpha value is -3.51. The normalized spacial score (nSPS) is 26.3. The number of nitrogens with zero attached hydrogens (tertiary/aromatic N) is 2. The van der Waals surface area contributed by atoms with Crippen LogP contribution in [-0.4, -0.2) is 102 Å². The molecule has 0 bridgehead atoms. The van der Waals surface area contributed by atoms with Crippen molar-refractivity contribution in [3.63, 3.8) is 0 Å². The molecule has 0 spiro atoms. The monoisotopic (exact) mass is 957 g/mol. The second kappa shape index (κ2) is 24.6. The molecule has 0 aromatic rings. The Kier molecular flexibility index (Phi) is 20.6. The first kappa shape index (κ1) is 57.1. The van der Waals surface area contributed by atoms with Crippen LogP contribution in [0.5, 0.6) is 0 Å². The topological polar surface area (TPSA) is 153 Å². The van der Waals surface area contributed by atoms with Gasteiger partial charge in [-0.3, -0.25) is 9.59 Å². The van der Waals surface area contributed by atoms with Crippen molar-refractivity contribution >= 4 is 30.2 Å². The number of alkyl carbamates (subject to hydrolysis) is 2. The van der Waals surface area contributed by atoms with Crippen LogP contribution in [-0.2, 0) is 28.5 Å². The third-order valence-electron chi connectivity index (χ3n) is 15.5. The van der Waals surface area contributed by atoms with E-state index < -0.39 is 41.1 Å². The molecule has 0 saturated heterocycles. The molecule has 3 fully saturated rings. The van der Waals surface area contributed by atoms with Crippen molar-refractivity contribution in [2.24, 2.45) is 46.3 Å². The van der Waals surface area contributed by atoms with E-state index in [9.17, 15) is 24.0 Å². The van der Waals surface area contributed by atoms with E-state index in [-0.39, 0.29) is 23.8 Å². The van der Waals surface area contributed by atoms with Crippen LogP contribution >= 0.6 is 0 Å². The molecule has 3 saturated carbocycles. The van der Waals surface area contributed by atoms with Crippen molar-refractivity contribution in [1.82, 2.24) is 20.4 Å². The van der Waals surface area contributed by atoms with Crippen LogP contribution in [0.25, 0.3) is 0 Å². The van der Waals surface area contributed by atoms with Crippen molar-refractivity contribution in [2.45, 2.75) is 223 Å². The number of allylic oxidation sites excluding steroid dienone is 1. The molecule has 0 aromatic heterocycles. The number of ether oxygens (including phenoxy) is 4. The van der Waals surface area contributed by atoms with Crippen LogP contribution < -0.4 is 10.6 Å². The van der Waals surface area contributed by atoms with Gasteiger partial charge in [0, 0.05) is 45.7 Å². The standard InChI is InChI=1S/C55H96N4O9/c1-38(2)20-17-21-39(3)43-24-25-44-42-23-22-40-36-41(26-28-54(40,13)45(42)27-29-55(43,44)14)65-47(61)37-46(60)58(34-18-30-56-48(62)66-51(4,5)6)32-15-16-33-59(50(64)68-53(10,11)12)35-19-31-57-49(63)67-52(7,8)9/h22,38-39,41-45H,15-21,23-37H2,1-14H3,(H,56,62)(H,57,63)/t39?,41-,42-,43+,44-,45-,54-,55+/m0/s1. The van der Waals surface area contributed by atoms with Crippen molar-refractivity contribution < 1.29 is 42.9 Å². The molecule has 390 valence electrons. The van der Waals surface area contributed by atoms with E-state index in [2.05, 4.69) is 51.3 Å². The van der Waals surface area contributed by atoms with Gasteiger partial charge in [-0.15, -0.1) is 0 Å². The van der Waals surface area contributed by atoms with E-state index in [1.165, 1.54) is 50.5 Å². The summed E-state index contributed by atoms with van der Waals surface area (Å²) in [5.74, 6) is 3.76. The maximum Gasteiger partial charge on any atom is 0.410 e. The highest BCUT2D eigenvalue weighted by Crippen LogP contribution is 2.67. The van der Waals surface area contributed by atoms with E-state index in [1.807, 2.05) is 20.8 Å². The summed E-state index contributed by atoms with van der Waals surface area (Å²) in [6.45, 7) is 30.6. The second-order valence-electron chi connectivity index (χ2n) is 24.9. The van der Waals surface area contributed by atoms with Crippen molar-refractivity contribution in [3.8, 4) is 0 Å². The average Bonchev–Trinajstić information content (AvgIpc) is 3.56. The molecule has 0 aliphatic heterocycles. The Morgan fingerprint density at radius 1 is 0.676 bits per heavy atom. The molecule has 8 atom stereocenters. The predicted molar refractivity (Wildman–Crippen MR) is 269 cm³/mol. The van der Waals surface area contributed by atoms with Gasteiger partial charge in [0.25, 0.3) is 0 Å². The van der Waals surface area contributed by atoms with E-state index >= 15 is 0 Å². The summed E-state index contributed by atoms with van der Waals surface area (Å²) in [5, 5.41) is 5.51. The van der Waals surface area contributed by atoms with E-state index in [0.717, 1.165) is 55.3 Å². The van der Waals surface area contributed by atoms with Gasteiger partial charge in [0.1, 0.15) is 29.3 Å². The van der Waals surface area contributed by atoms with Gasteiger partial charge in [-0.05, 0) is 179 Å². The number of esters is 1. The maximum absolute atomic E-state index is 13.9. The van der Waals surface area contributed by atoms with Gasteiger partial charge in [-0.1, -0.05) is 65.5 Å². The minimum absolute atomic E-state index is 0.129. The van der Waals surface area contributed by atoms with E-state index in [4.69, 9.17) is 18.9 Å². The maximum atomic E-state index is 13.9. The van der Waals surface area contributed by atoms with Crippen LogP contribution in [0.15, 0.2) is 11.6 Å². The zero-order chi connectivity index (χ0) is 50.7. The molecular formula is C55H96N4O9. The quantitative estimate of drug-likeness (QED) is 0.0376. The minimum atomic E-state index is -0.689.